The van der Waals surface area contributed by atoms with Crippen LogP contribution in [-0.4, -0.2) is 30.9 Å². The number of rotatable bonds is 10. The molecule has 204 valence electrons. The normalized spacial score (nSPS) is 18.6. The minimum absolute atomic E-state index is 0.0445. The Morgan fingerprint density at radius 2 is 1.48 bits per heavy atom. The van der Waals surface area contributed by atoms with E-state index in [4.69, 9.17) is 27.9 Å². The van der Waals surface area contributed by atoms with E-state index >= 15 is 4.39 Å². The number of benzene rings is 4. The number of nitrogens with one attached hydrogen (secondary N) is 1. The summed E-state index contributed by atoms with van der Waals surface area (Å²) in [5.74, 6) is -1.04. The summed E-state index contributed by atoms with van der Waals surface area (Å²) in [6.45, 7) is 1.40. The summed E-state index contributed by atoms with van der Waals surface area (Å²) in [5.41, 5.74) is 3.65. The molecule has 1 heterocycles. The van der Waals surface area contributed by atoms with Crippen LogP contribution in [0, 0.1) is 5.82 Å². The van der Waals surface area contributed by atoms with Crippen LogP contribution in [-0.2, 0) is 14.3 Å². The first kappa shape index (κ1) is 27.8. The molecule has 1 amide bonds. The van der Waals surface area contributed by atoms with Crippen molar-refractivity contribution >= 4 is 41.8 Å². The summed E-state index contributed by atoms with van der Waals surface area (Å²) in [4.78, 5) is 25.5. The van der Waals surface area contributed by atoms with Crippen LogP contribution in [0.2, 0.25) is 10.0 Å². The summed E-state index contributed by atoms with van der Waals surface area (Å²) < 4.78 is 21.3. The van der Waals surface area contributed by atoms with Crippen molar-refractivity contribution in [1.29, 1.82) is 0 Å². The molecule has 8 heteroatoms. The van der Waals surface area contributed by atoms with Crippen LogP contribution in [0.1, 0.15) is 46.2 Å². The van der Waals surface area contributed by atoms with Gasteiger partial charge < -0.3 is 10.1 Å². The third kappa shape index (κ3) is 5.75. The standard InChI is InChI=1S/C32H27Cl2FN2O3/c33-23-14-15-24(29(16-23)36-19-38)26-17-37(18-27(26)25-12-7-13-28(34)30(25)35)31(21-8-3-1-4-9-21)32(40-20-39)22-10-5-2-6-11-22/h1-16,19-20,26-27,31-32H,17-18H2,(H,36,38). The predicted octanol–water partition coefficient (Wildman–Crippen LogP) is 7.54. The van der Waals surface area contributed by atoms with Gasteiger partial charge in [0, 0.05) is 35.6 Å². The number of halogens is 3. The van der Waals surface area contributed by atoms with Crippen LogP contribution >= 0.6 is 23.2 Å². The first-order valence-electron chi connectivity index (χ1n) is 12.9. The van der Waals surface area contributed by atoms with Gasteiger partial charge in [0.15, 0.2) is 0 Å². The van der Waals surface area contributed by atoms with Gasteiger partial charge in [0.05, 0.1) is 11.1 Å². The van der Waals surface area contributed by atoms with Gasteiger partial charge in [0.25, 0.3) is 6.47 Å². The summed E-state index contributed by atoms with van der Waals surface area (Å²) in [5, 5.41) is 3.28. The Labute approximate surface area is 242 Å². The monoisotopic (exact) mass is 576 g/mol. The van der Waals surface area contributed by atoms with Crippen LogP contribution in [0.25, 0.3) is 0 Å². The Kier molecular flexibility index (Phi) is 8.80. The lowest BCUT2D eigenvalue weighted by Gasteiger charge is -2.34. The number of carbonyl (C=O) groups is 2. The van der Waals surface area contributed by atoms with Crippen molar-refractivity contribution < 1.29 is 18.7 Å². The maximum absolute atomic E-state index is 15.5. The molecule has 1 fully saturated rings. The van der Waals surface area contributed by atoms with E-state index in [2.05, 4.69) is 10.2 Å². The van der Waals surface area contributed by atoms with Crippen LogP contribution in [0.4, 0.5) is 10.1 Å². The molecule has 4 aromatic carbocycles. The number of amides is 1. The SMILES string of the molecule is O=CNc1cc(Cl)ccc1C1CN(C(c2ccccc2)C(OC=O)c2ccccc2)CC1c1cccc(Cl)c1F. The molecule has 4 aromatic rings. The van der Waals surface area contributed by atoms with Crippen molar-refractivity contribution in [2.75, 3.05) is 18.4 Å². The lowest BCUT2D eigenvalue weighted by atomic mass is 9.83. The van der Waals surface area contributed by atoms with E-state index < -0.39 is 11.9 Å². The average molecular weight is 577 g/mol. The van der Waals surface area contributed by atoms with Gasteiger partial charge in [-0.1, -0.05) is 102 Å². The highest BCUT2D eigenvalue weighted by atomic mass is 35.5. The highest BCUT2D eigenvalue weighted by molar-refractivity contribution is 6.31. The third-order valence-corrected chi connectivity index (χ3v) is 8.04. The van der Waals surface area contributed by atoms with Crippen LogP contribution < -0.4 is 5.32 Å². The number of likely N-dealkylation sites (tertiary alicyclic amines) is 1. The van der Waals surface area contributed by atoms with E-state index in [1.807, 2.05) is 66.7 Å². The van der Waals surface area contributed by atoms with Crippen molar-refractivity contribution in [3.63, 3.8) is 0 Å². The maximum Gasteiger partial charge on any atom is 0.293 e. The van der Waals surface area contributed by atoms with Gasteiger partial charge in [0.1, 0.15) is 11.9 Å². The number of hydrogen-bond acceptors (Lipinski definition) is 4. The lowest BCUT2D eigenvalue weighted by molar-refractivity contribution is -0.137. The van der Waals surface area contributed by atoms with Crippen LogP contribution in [0.15, 0.2) is 97.1 Å². The fraction of sp³-hybridized carbons (Fsp3) is 0.188. The third-order valence-electron chi connectivity index (χ3n) is 7.51. The predicted molar refractivity (Wildman–Crippen MR) is 155 cm³/mol. The highest BCUT2D eigenvalue weighted by Gasteiger charge is 2.43. The fourth-order valence-corrected chi connectivity index (χ4v) is 6.16. The van der Waals surface area contributed by atoms with E-state index in [1.54, 1.807) is 24.3 Å². The van der Waals surface area contributed by atoms with Crippen molar-refractivity contribution in [2.45, 2.75) is 24.0 Å². The summed E-state index contributed by atoms with van der Waals surface area (Å²) in [7, 11) is 0. The molecule has 1 aliphatic heterocycles. The average Bonchev–Trinajstić information content (AvgIpc) is 3.40. The Bertz CT molecular complexity index is 1470. The minimum Gasteiger partial charge on any atom is -0.458 e. The van der Waals surface area contributed by atoms with Gasteiger partial charge in [-0.15, -0.1) is 0 Å². The maximum atomic E-state index is 15.5. The van der Waals surface area contributed by atoms with Crippen molar-refractivity contribution in [2.24, 2.45) is 0 Å². The second-order valence-electron chi connectivity index (χ2n) is 9.72. The molecule has 0 aromatic heterocycles. The zero-order valence-corrected chi connectivity index (χ0v) is 22.9. The van der Waals surface area contributed by atoms with E-state index in [0.717, 1.165) is 16.7 Å². The Morgan fingerprint density at radius 1 is 0.825 bits per heavy atom. The summed E-state index contributed by atoms with van der Waals surface area (Å²) in [6, 6.07) is 29.3. The fourth-order valence-electron chi connectivity index (χ4n) is 5.80. The first-order chi connectivity index (χ1) is 19.5. The van der Waals surface area contributed by atoms with Gasteiger partial charge >= 0.3 is 0 Å². The van der Waals surface area contributed by atoms with Crippen LogP contribution in [0.3, 0.4) is 0 Å². The van der Waals surface area contributed by atoms with E-state index in [0.29, 0.717) is 42.2 Å². The topological polar surface area (TPSA) is 58.6 Å². The molecule has 0 saturated carbocycles. The minimum atomic E-state index is -0.623. The smallest absolute Gasteiger partial charge is 0.293 e. The molecule has 0 aliphatic carbocycles. The molecule has 0 radical (unpaired) electrons. The van der Waals surface area contributed by atoms with E-state index in [-0.39, 0.29) is 22.9 Å². The molecule has 1 N–H and O–H groups in total. The largest absolute Gasteiger partial charge is 0.458 e. The van der Waals surface area contributed by atoms with Crippen LogP contribution in [0.5, 0.6) is 0 Å². The summed E-state index contributed by atoms with van der Waals surface area (Å²) >= 11 is 12.5. The number of anilines is 1. The number of nitrogens with zero attached hydrogens (tertiary/aromatic N) is 1. The zero-order chi connectivity index (χ0) is 28.1. The number of carbonyl (C=O) groups excluding carboxylic acids is 2. The van der Waals surface area contributed by atoms with E-state index in [9.17, 15) is 9.59 Å². The number of hydrogen-bond donors (Lipinski definition) is 1. The second-order valence-corrected chi connectivity index (χ2v) is 10.6. The quantitative estimate of drug-likeness (QED) is 0.198. The molecule has 5 nitrogen and oxygen atoms in total. The lowest BCUT2D eigenvalue weighted by Crippen LogP contribution is -2.32. The number of ether oxygens (including phenoxy) is 1. The van der Waals surface area contributed by atoms with Gasteiger partial charge in [-0.25, -0.2) is 4.39 Å². The van der Waals surface area contributed by atoms with Gasteiger partial charge in [-0.05, 0) is 40.5 Å². The van der Waals surface area contributed by atoms with E-state index in [1.165, 1.54) is 6.07 Å². The Morgan fingerprint density at radius 3 is 2.12 bits per heavy atom. The van der Waals surface area contributed by atoms with Crippen molar-refractivity contribution in [3.05, 3.63) is 135 Å². The second kappa shape index (κ2) is 12.6. The molecular weight excluding hydrogens is 550 g/mol. The molecular formula is C32H27Cl2FN2O3. The molecule has 0 spiro atoms. The molecule has 40 heavy (non-hydrogen) atoms. The van der Waals surface area contributed by atoms with Gasteiger partial charge in [-0.2, -0.15) is 0 Å². The first-order valence-corrected chi connectivity index (χ1v) is 13.6. The molecule has 4 unspecified atom stereocenters. The zero-order valence-electron chi connectivity index (χ0n) is 21.4. The van der Waals surface area contributed by atoms with Crippen molar-refractivity contribution in [3.8, 4) is 0 Å². The Balaban J connectivity index is 1.65. The molecule has 0 bridgehead atoms. The summed E-state index contributed by atoms with van der Waals surface area (Å²) in [6.07, 6.45) is -0.0185. The van der Waals surface area contributed by atoms with Crippen molar-refractivity contribution in [1.82, 2.24) is 4.90 Å². The molecule has 4 atom stereocenters. The Hall–Kier alpha value is -3.71. The highest BCUT2D eigenvalue weighted by Crippen LogP contribution is 2.49. The molecule has 5 rings (SSSR count). The molecule has 1 aliphatic rings. The van der Waals surface area contributed by atoms with Gasteiger partial charge in [-0.3, -0.25) is 14.5 Å². The van der Waals surface area contributed by atoms with Gasteiger partial charge in [0.2, 0.25) is 6.41 Å². The molecule has 1 saturated heterocycles.